The van der Waals surface area contributed by atoms with Crippen molar-refractivity contribution >= 4 is 11.9 Å². The van der Waals surface area contributed by atoms with Gasteiger partial charge in [-0.2, -0.15) is 0 Å². The van der Waals surface area contributed by atoms with Crippen molar-refractivity contribution in [1.82, 2.24) is 19.7 Å². The Bertz CT molecular complexity index is 557. The van der Waals surface area contributed by atoms with Crippen LogP contribution in [0, 0.1) is 18.8 Å². The molecule has 0 atom stereocenters. The van der Waals surface area contributed by atoms with E-state index in [2.05, 4.69) is 33.5 Å². The molecule has 0 N–H and O–H groups in total. The van der Waals surface area contributed by atoms with Crippen molar-refractivity contribution in [1.29, 1.82) is 0 Å². The molecule has 0 aliphatic carbocycles. The van der Waals surface area contributed by atoms with E-state index < -0.39 is 0 Å². The molecule has 134 valence electrons. The Labute approximate surface area is 144 Å². The molecule has 7 nitrogen and oxygen atoms in total. The first-order chi connectivity index (χ1) is 11.6. The van der Waals surface area contributed by atoms with Crippen LogP contribution in [0.3, 0.4) is 0 Å². The predicted molar refractivity (Wildman–Crippen MR) is 91.9 cm³/mol. The van der Waals surface area contributed by atoms with Gasteiger partial charge in [0.05, 0.1) is 13.2 Å². The molecule has 1 aromatic rings. The van der Waals surface area contributed by atoms with E-state index in [1.165, 1.54) is 0 Å². The van der Waals surface area contributed by atoms with Crippen molar-refractivity contribution < 1.29 is 9.53 Å². The van der Waals surface area contributed by atoms with Crippen LogP contribution in [0.2, 0.25) is 0 Å². The SMILES string of the molecule is Cc1nnc(N2CCC(C(=O)N3CCOCC3)CC2)n1CC(C)C. The molecule has 7 heteroatoms. The highest BCUT2D eigenvalue weighted by atomic mass is 16.5. The summed E-state index contributed by atoms with van der Waals surface area (Å²) in [6.07, 6.45) is 1.79. The predicted octanol–water partition coefficient (Wildman–Crippen LogP) is 1.32. The molecule has 1 amide bonds. The lowest BCUT2D eigenvalue weighted by Gasteiger charge is -2.36. The van der Waals surface area contributed by atoms with Crippen LogP contribution < -0.4 is 4.90 Å². The van der Waals surface area contributed by atoms with Gasteiger partial charge in [-0.05, 0) is 25.7 Å². The molecule has 0 saturated carbocycles. The smallest absolute Gasteiger partial charge is 0.227 e. The summed E-state index contributed by atoms with van der Waals surface area (Å²) in [5.41, 5.74) is 0. The van der Waals surface area contributed by atoms with Crippen molar-refractivity contribution in [2.75, 3.05) is 44.3 Å². The third kappa shape index (κ3) is 3.71. The van der Waals surface area contributed by atoms with E-state index in [4.69, 9.17) is 4.74 Å². The summed E-state index contributed by atoms with van der Waals surface area (Å²) in [7, 11) is 0. The molecule has 2 aliphatic heterocycles. The van der Waals surface area contributed by atoms with Gasteiger partial charge in [-0.1, -0.05) is 13.8 Å². The zero-order valence-corrected chi connectivity index (χ0v) is 15.1. The Kier molecular flexibility index (Phi) is 5.38. The number of anilines is 1. The zero-order chi connectivity index (χ0) is 17.1. The van der Waals surface area contributed by atoms with Crippen LogP contribution in [0.1, 0.15) is 32.5 Å². The van der Waals surface area contributed by atoms with Crippen LogP contribution in [0.15, 0.2) is 0 Å². The molecular formula is C17H29N5O2. The van der Waals surface area contributed by atoms with Gasteiger partial charge in [0, 0.05) is 38.6 Å². The summed E-state index contributed by atoms with van der Waals surface area (Å²) in [5, 5.41) is 8.63. The first kappa shape index (κ1) is 17.2. The monoisotopic (exact) mass is 335 g/mol. The number of nitrogens with zero attached hydrogens (tertiary/aromatic N) is 5. The fourth-order valence-electron chi connectivity index (χ4n) is 3.55. The van der Waals surface area contributed by atoms with Crippen molar-refractivity contribution in [2.45, 2.75) is 40.2 Å². The highest BCUT2D eigenvalue weighted by molar-refractivity contribution is 5.79. The van der Waals surface area contributed by atoms with E-state index in [1.807, 2.05) is 11.8 Å². The summed E-state index contributed by atoms with van der Waals surface area (Å²) in [6, 6.07) is 0. The number of amides is 1. The molecule has 0 radical (unpaired) electrons. The number of rotatable bonds is 4. The fourth-order valence-corrected chi connectivity index (χ4v) is 3.55. The minimum absolute atomic E-state index is 0.141. The molecule has 24 heavy (non-hydrogen) atoms. The molecule has 2 saturated heterocycles. The van der Waals surface area contributed by atoms with Gasteiger partial charge in [-0.15, -0.1) is 10.2 Å². The lowest BCUT2D eigenvalue weighted by atomic mass is 9.95. The Morgan fingerprint density at radius 2 is 1.83 bits per heavy atom. The minimum Gasteiger partial charge on any atom is -0.378 e. The Hall–Kier alpha value is -1.63. The van der Waals surface area contributed by atoms with E-state index in [0.717, 1.165) is 57.3 Å². The Balaban J connectivity index is 1.60. The minimum atomic E-state index is 0.141. The number of hydrogen-bond donors (Lipinski definition) is 0. The lowest BCUT2D eigenvalue weighted by molar-refractivity contribution is -0.140. The highest BCUT2D eigenvalue weighted by Crippen LogP contribution is 2.25. The average Bonchev–Trinajstić information content (AvgIpc) is 2.95. The summed E-state index contributed by atoms with van der Waals surface area (Å²) in [4.78, 5) is 16.9. The van der Waals surface area contributed by atoms with Gasteiger partial charge in [-0.3, -0.25) is 9.36 Å². The molecule has 2 aliphatic rings. The van der Waals surface area contributed by atoms with E-state index in [9.17, 15) is 4.79 Å². The normalized spacial score (nSPS) is 20.0. The van der Waals surface area contributed by atoms with Gasteiger partial charge < -0.3 is 14.5 Å². The van der Waals surface area contributed by atoms with Crippen LogP contribution in [0.4, 0.5) is 5.95 Å². The molecule has 0 unspecified atom stereocenters. The maximum atomic E-state index is 12.6. The van der Waals surface area contributed by atoms with Gasteiger partial charge in [0.1, 0.15) is 5.82 Å². The standard InChI is InChI=1S/C17H29N5O2/c1-13(2)12-22-14(3)18-19-17(22)21-6-4-15(5-7-21)16(23)20-8-10-24-11-9-20/h13,15H,4-12H2,1-3H3. The second-order valence-electron chi connectivity index (χ2n) is 7.25. The van der Waals surface area contributed by atoms with Crippen LogP contribution in [-0.2, 0) is 16.1 Å². The average molecular weight is 335 g/mol. The number of piperidine rings is 1. The molecule has 3 rings (SSSR count). The van der Waals surface area contributed by atoms with Crippen molar-refractivity contribution in [3.8, 4) is 0 Å². The van der Waals surface area contributed by atoms with Gasteiger partial charge in [-0.25, -0.2) is 0 Å². The van der Waals surface area contributed by atoms with E-state index >= 15 is 0 Å². The molecular weight excluding hydrogens is 306 g/mol. The second-order valence-corrected chi connectivity index (χ2v) is 7.25. The fraction of sp³-hybridized carbons (Fsp3) is 0.824. The number of ether oxygens (including phenoxy) is 1. The highest BCUT2D eigenvalue weighted by Gasteiger charge is 2.31. The number of hydrogen-bond acceptors (Lipinski definition) is 5. The third-order valence-corrected chi connectivity index (χ3v) is 4.91. The molecule has 1 aromatic heterocycles. The van der Waals surface area contributed by atoms with Crippen LogP contribution in [0.25, 0.3) is 0 Å². The number of morpholine rings is 1. The maximum Gasteiger partial charge on any atom is 0.227 e. The van der Waals surface area contributed by atoms with Crippen molar-refractivity contribution in [3.63, 3.8) is 0 Å². The zero-order valence-electron chi connectivity index (χ0n) is 15.1. The van der Waals surface area contributed by atoms with Crippen molar-refractivity contribution in [2.24, 2.45) is 11.8 Å². The summed E-state index contributed by atoms with van der Waals surface area (Å²) >= 11 is 0. The van der Waals surface area contributed by atoms with Gasteiger partial charge in [0.2, 0.25) is 11.9 Å². The molecule has 0 bridgehead atoms. The number of aromatic nitrogens is 3. The number of carbonyl (C=O) groups is 1. The molecule has 0 aromatic carbocycles. The van der Waals surface area contributed by atoms with Crippen LogP contribution in [0.5, 0.6) is 0 Å². The number of carbonyl (C=O) groups excluding carboxylic acids is 1. The molecule has 3 heterocycles. The van der Waals surface area contributed by atoms with E-state index in [-0.39, 0.29) is 5.92 Å². The topological polar surface area (TPSA) is 63.5 Å². The molecule has 2 fully saturated rings. The van der Waals surface area contributed by atoms with Crippen molar-refractivity contribution in [3.05, 3.63) is 5.82 Å². The van der Waals surface area contributed by atoms with Gasteiger partial charge in [0.15, 0.2) is 0 Å². The summed E-state index contributed by atoms with van der Waals surface area (Å²) in [5.74, 6) is 2.92. The van der Waals surface area contributed by atoms with E-state index in [0.29, 0.717) is 25.0 Å². The Morgan fingerprint density at radius 1 is 1.17 bits per heavy atom. The van der Waals surface area contributed by atoms with Gasteiger partial charge in [0.25, 0.3) is 0 Å². The number of aryl methyl sites for hydroxylation is 1. The largest absolute Gasteiger partial charge is 0.378 e. The van der Waals surface area contributed by atoms with Gasteiger partial charge >= 0.3 is 0 Å². The summed E-state index contributed by atoms with van der Waals surface area (Å²) in [6.45, 7) is 11.9. The van der Waals surface area contributed by atoms with Crippen LogP contribution in [-0.4, -0.2) is 65.0 Å². The summed E-state index contributed by atoms with van der Waals surface area (Å²) < 4.78 is 7.54. The molecule has 0 spiro atoms. The third-order valence-electron chi connectivity index (χ3n) is 4.91. The Morgan fingerprint density at radius 3 is 2.46 bits per heavy atom. The first-order valence-corrected chi connectivity index (χ1v) is 9.07. The van der Waals surface area contributed by atoms with E-state index in [1.54, 1.807) is 0 Å². The lowest BCUT2D eigenvalue weighted by Crippen LogP contribution is -2.47. The second kappa shape index (κ2) is 7.51. The maximum absolute atomic E-state index is 12.6. The van der Waals surface area contributed by atoms with Crippen LogP contribution >= 0.6 is 0 Å². The quantitative estimate of drug-likeness (QED) is 0.830. The first-order valence-electron chi connectivity index (χ1n) is 9.07.